The molecule has 0 heterocycles. The van der Waals surface area contributed by atoms with E-state index in [2.05, 4.69) is 63.6 Å². The van der Waals surface area contributed by atoms with Crippen LogP contribution in [0, 0.1) is 0 Å². The molecule has 20 heavy (non-hydrogen) atoms. The van der Waals surface area contributed by atoms with Crippen LogP contribution >= 0.6 is 0 Å². The van der Waals surface area contributed by atoms with E-state index in [1.807, 2.05) is 0 Å². The number of rotatable bonds is 5. The van der Waals surface area contributed by atoms with Gasteiger partial charge in [0.1, 0.15) is 6.04 Å². The Morgan fingerprint density at radius 3 is 2.20 bits per heavy atom. The normalized spacial score (nSPS) is 28.4. The Kier molecular flexibility index (Phi) is 4.89. The van der Waals surface area contributed by atoms with Gasteiger partial charge < -0.3 is 10.8 Å². The van der Waals surface area contributed by atoms with Crippen molar-refractivity contribution in [2.24, 2.45) is 5.73 Å². The second-order valence-corrected chi connectivity index (χ2v) is 18.8. The van der Waals surface area contributed by atoms with Gasteiger partial charge in [0.25, 0.3) is 0 Å². The summed E-state index contributed by atoms with van der Waals surface area (Å²) in [6.45, 7) is 14.1. The largest absolute Gasteiger partial charge is 0.480 e. The minimum atomic E-state index is -1.63. The molecule has 1 aliphatic carbocycles. The molecular weight excluding hydrogens is 282 g/mol. The molecule has 5 heteroatoms. The predicted molar refractivity (Wildman–Crippen MR) is 91.6 cm³/mol. The first-order valence-electron chi connectivity index (χ1n) is 7.26. The van der Waals surface area contributed by atoms with Crippen molar-refractivity contribution >= 4 is 22.1 Å². The van der Waals surface area contributed by atoms with Crippen LogP contribution in [-0.2, 0) is 4.79 Å². The maximum Gasteiger partial charge on any atom is 0.320 e. The van der Waals surface area contributed by atoms with E-state index in [9.17, 15) is 9.90 Å². The molecule has 3 N–H and O–H groups in total. The van der Waals surface area contributed by atoms with Crippen LogP contribution in [0.3, 0.4) is 0 Å². The third-order valence-corrected chi connectivity index (χ3v) is 10.9. The summed E-state index contributed by atoms with van der Waals surface area (Å²) in [4.78, 5) is 11.3. The molecule has 1 aliphatic rings. The van der Waals surface area contributed by atoms with E-state index in [4.69, 9.17) is 5.73 Å². The van der Waals surface area contributed by atoms with E-state index >= 15 is 0 Å². The summed E-state index contributed by atoms with van der Waals surface area (Å²) >= 11 is 0. The summed E-state index contributed by atoms with van der Waals surface area (Å²) in [6, 6.07) is -0.781. The lowest BCUT2D eigenvalue weighted by Crippen LogP contribution is -2.51. The summed E-state index contributed by atoms with van der Waals surface area (Å²) < 4.78 is 0. The molecule has 0 bridgehead atoms. The molecule has 0 aliphatic heterocycles. The lowest BCUT2D eigenvalue weighted by Gasteiger charge is -2.52. The van der Waals surface area contributed by atoms with Gasteiger partial charge in [0.15, 0.2) is 0 Å². The summed E-state index contributed by atoms with van der Waals surface area (Å²) in [5, 5.41) is 9.19. The average Bonchev–Trinajstić information content (AvgIpc) is 2.26. The smallest absolute Gasteiger partial charge is 0.320 e. The minimum Gasteiger partial charge on any atom is -0.480 e. The zero-order valence-corrected chi connectivity index (χ0v) is 15.6. The number of hydrogen-bond donors (Lipinski definition) is 2. The van der Waals surface area contributed by atoms with Crippen LogP contribution in [0.4, 0.5) is 0 Å². The van der Waals surface area contributed by atoms with Gasteiger partial charge >= 0.3 is 5.97 Å². The van der Waals surface area contributed by atoms with E-state index in [1.54, 1.807) is 0 Å². The Balaban J connectivity index is 3.33. The van der Waals surface area contributed by atoms with Gasteiger partial charge in [-0.3, -0.25) is 4.79 Å². The molecule has 0 saturated heterocycles. The third-order valence-electron chi connectivity index (χ3n) is 4.57. The van der Waals surface area contributed by atoms with Crippen molar-refractivity contribution in [2.45, 2.75) is 62.3 Å². The Hall–Kier alpha value is -0.656. The van der Waals surface area contributed by atoms with Crippen LogP contribution in [0.5, 0.6) is 0 Å². The van der Waals surface area contributed by atoms with Gasteiger partial charge in [0.2, 0.25) is 0 Å². The Bertz CT molecular complexity index is 432. The molecule has 3 atom stereocenters. The molecule has 0 aromatic rings. The van der Waals surface area contributed by atoms with Gasteiger partial charge in [-0.2, -0.15) is 0 Å². The Morgan fingerprint density at radius 2 is 1.80 bits per heavy atom. The SMILES string of the molecule is C[Si](C)(C)C1C=CC=CC1(CC(N)C(=O)O)[Si](C)(C)C. The molecule has 0 amide bonds. The first kappa shape index (κ1) is 17.4. The highest BCUT2D eigenvalue weighted by atomic mass is 28.3. The highest BCUT2D eigenvalue weighted by molar-refractivity contribution is 6.85. The van der Waals surface area contributed by atoms with Crippen molar-refractivity contribution in [3.05, 3.63) is 24.3 Å². The summed E-state index contributed by atoms with van der Waals surface area (Å²) in [5.74, 6) is -0.889. The predicted octanol–water partition coefficient (Wildman–Crippen LogP) is 3.70. The van der Waals surface area contributed by atoms with Crippen LogP contribution in [0.25, 0.3) is 0 Å². The van der Waals surface area contributed by atoms with Crippen molar-refractivity contribution in [3.8, 4) is 0 Å². The van der Waals surface area contributed by atoms with Gasteiger partial charge in [-0.1, -0.05) is 63.6 Å². The molecule has 3 nitrogen and oxygen atoms in total. The average molecular weight is 312 g/mol. The number of hydrogen-bond acceptors (Lipinski definition) is 2. The second kappa shape index (κ2) is 5.62. The third kappa shape index (κ3) is 3.32. The molecule has 0 fully saturated rings. The van der Waals surface area contributed by atoms with E-state index in [0.717, 1.165) is 0 Å². The van der Waals surface area contributed by atoms with Gasteiger partial charge in [-0.05, 0) is 17.0 Å². The van der Waals surface area contributed by atoms with Crippen molar-refractivity contribution < 1.29 is 9.90 Å². The van der Waals surface area contributed by atoms with E-state index in [1.165, 1.54) is 0 Å². The number of carbonyl (C=O) groups is 1. The van der Waals surface area contributed by atoms with Crippen LogP contribution in [0.15, 0.2) is 24.3 Å². The maximum atomic E-state index is 11.3. The van der Waals surface area contributed by atoms with Gasteiger partial charge in [0, 0.05) is 0 Å². The van der Waals surface area contributed by atoms with Crippen molar-refractivity contribution in [3.63, 3.8) is 0 Å². The van der Waals surface area contributed by atoms with Crippen molar-refractivity contribution in [2.75, 3.05) is 0 Å². The van der Waals surface area contributed by atoms with Crippen molar-refractivity contribution in [1.82, 2.24) is 0 Å². The minimum absolute atomic E-state index is 0.0516. The summed E-state index contributed by atoms with van der Waals surface area (Å²) in [5.41, 5.74) is 6.37. The quantitative estimate of drug-likeness (QED) is 0.761. The van der Waals surface area contributed by atoms with E-state index in [-0.39, 0.29) is 5.04 Å². The molecule has 114 valence electrons. The molecule has 0 radical (unpaired) electrons. The van der Waals surface area contributed by atoms with Crippen LogP contribution in [0.2, 0.25) is 49.9 Å². The zero-order valence-electron chi connectivity index (χ0n) is 13.6. The molecular formula is C15H29NO2Si2. The topological polar surface area (TPSA) is 63.3 Å². The van der Waals surface area contributed by atoms with E-state index < -0.39 is 28.2 Å². The second-order valence-electron chi connectivity index (χ2n) is 8.03. The fourth-order valence-corrected chi connectivity index (χ4v) is 10.9. The summed E-state index contributed by atoms with van der Waals surface area (Å²) in [7, 11) is -3.09. The lowest BCUT2D eigenvalue weighted by molar-refractivity contribution is -0.138. The molecule has 3 unspecified atom stereocenters. The number of allylic oxidation sites excluding steroid dienone is 4. The molecule has 0 aromatic carbocycles. The van der Waals surface area contributed by atoms with Crippen LogP contribution < -0.4 is 5.73 Å². The number of nitrogens with two attached hydrogens (primary N) is 1. The van der Waals surface area contributed by atoms with Crippen molar-refractivity contribution in [1.29, 1.82) is 0 Å². The monoisotopic (exact) mass is 311 g/mol. The first-order chi connectivity index (χ1) is 8.92. The molecule has 0 spiro atoms. The maximum absolute atomic E-state index is 11.3. The van der Waals surface area contributed by atoms with Gasteiger partial charge in [-0.15, -0.1) is 0 Å². The fraction of sp³-hybridized carbons (Fsp3) is 0.667. The summed E-state index contributed by atoms with van der Waals surface area (Å²) in [6.07, 6.45) is 9.33. The molecule has 0 aromatic heterocycles. The lowest BCUT2D eigenvalue weighted by atomic mass is 9.91. The van der Waals surface area contributed by atoms with Crippen LogP contribution in [0.1, 0.15) is 6.42 Å². The molecule has 0 saturated carbocycles. The number of aliphatic carboxylic acids is 1. The highest BCUT2D eigenvalue weighted by Gasteiger charge is 2.52. The van der Waals surface area contributed by atoms with E-state index in [0.29, 0.717) is 12.0 Å². The number of carboxylic acid groups (broad SMARTS) is 1. The molecule has 1 rings (SSSR count). The van der Waals surface area contributed by atoms with Crippen LogP contribution in [-0.4, -0.2) is 33.3 Å². The van der Waals surface area contributed by atoms with Gasteiger partial charge in [0.05, 0.1) is 16.1 Å². The first-order valence-corrected chi connectivity index (χ1v) is 14.3. The standard InChI is InChI=1S/C15H29NO2Si2/c1-19(2,3)13-9-7-8-10-15(13,20(4,5)6)11-12(16)14(17)18/h7-10,12-13H,11,16H2,1-6H3,(H,17,18). The number of carboxylic acids is 1. The Labute approximate surface area is 125 Å². The van der Waals surface area contributed by atoms with Gasteiger partial charge in [-0.25, -0.2) is 0 Å². The fourth-order valence-electron chi connectivity index (χ4n) is 3.41. The highest BCUT2D eigenvalue weighted by Crippen LogP contribution is 2.59. The zero-order chi connectivity index (χ0) is 15.8. The Morgan fingerprint density at radius 1 is 1.25 bits per heavy atom.